The lowest BCUT2D eigenvalue weighted by molar-refractivity contribution is -0.121. The van der Waals surface area contributed by atoms with Gasteiger partial charge in [-0.1, -0.05) is 13.0 Å². The number of nitrogens with one attached hydrogen (secondary N) is 1. The normalized spacial score (nSPS) is 21.8. The number of ether oxygens (including phenoxy) is 1. The Bertz CT molecular complexity index is 499. The van der Waals surface area contributed by atoms with Crippen molar-refractivity contribution in [3.63, 3.8) is 0 Å². The second kappa shape index (κ2) is 6.95. The van der Waals surface area contributed by atoms with Gasteiger partial charge in [0.15, 0.2) is 6.61 Å². The Kier molecular flexibility index (Phi) is 5.00. The third-order valence-corrected chi connectivity index (χ3v) is 3.79. The minimum absolute atomic E-state index is 0.0118. The highest BCUT2D eigenvalue weighted by atomic mass is 16.5. The number of nitrogens with zero attached hydrogens (tertiary/aromatic N) is 1. The summed E-state index contributed by atoms with van der Waals surface area (Å²) in [6.07, 6.45) is 4.20. The largest absolute Gasteiger partial charge is 0.479 e. The second-order valence-electron chi connectivity index (χ2n) is 5.42. The van der Waals surface area contributed by atoms with Gasteiger partial charge >= 0.3 is 0 Å². The van der Waals surface area contributed by atoms with Crippen molar-refractivity contribution in [1.82, 2.24) is 0 Å². The van der Waals surface area contributed by atoms with E-state index in [-0.39, 0.29) is 18.4 Å². The molecular formula is C16H20N2O2. The summed E-state index contributed by atoms with van der Waals surface area (Å²) >= 11 is 0. The predicted octanol–water partition coefficient (Wildman–Crippen LogP) is 3.35. The third-order valence-electron chi connectivity index (χ3n) is 3.79. The highest BCUT2D eigenvalue weighted by Gasteiger charge is 2.24. The van der Waals surface area contributed by atoms with Gasteiger partial charge in [0.25, 0.3) is 0 Å². The Balaban J connectivity index is 1.92. The van der Waals surface area contributed by atoms with Crippen molar-refractivity contribution in [3.8, 4) is 11.8 Å². The van der Waals surface area contributed by atoms with E-state index in [2.05, 4.69) is 12.2 Å². The summed E-state index contributed by atoms with van der Waals surface area (Å²) in [5.41, 5.74) is 0.726. The molecule has 1 aliphatic carbocycles. The van der Waals surface area contributed by atoms with Crippen LogP contribution < -0.4 is 10.1 Å². The molecule has 4 nitrogen and oxygen atoms in total. The van der Waals surface area contributed by atoms with Crippen LogP contribution in [0.15, 0.2) is 24.3 Å². The van der Waals surface area contributed by atoms with Crippen LogP contribution in [0.3, 0.4) is 0 Å². The maximum absolute atomic E-state index is 12.2. The summed E-state index contributed by atoms with van der Waals surface area (Å²) < 4.78 is 5.22. The molecule has 2 rings (SSSR count). The van der Waals surface area contributed by atoms with Crippen molar-refractivity contribution in [1.29, 1.82) is 5.26 Å². The van der Waals surface area contributed by atoms with Gasteiger partial charge in [0.1, 0.15) is 11.8 Å². The van der Waals surface area contributed by atoms with Gasteiger partial charge in [0.05, 0.1) is 0 Å². The molecule has 4 heteroatoms. The molecule has 0 bridgehead atoms. The monoisotopic (exact) mass is 272 g/mol. The molecular weight excluding hydrogens is 252 g/mol. The van der Waals surface area contributed by atoms with Crippen molar-refractivity contribution in [3.05, 3.63) is 24.3 Å². The maximum Gasteiger partial charge on any atom is 0.227 e. The molecule has 1 aromatic carbocycles. The first-order chi connectivity index (χ1) is 9.69. The average molecular weight is 272 g/mol. The molecule has 0 saturated heterocycles. The Hall–Kier alpha value is -2.02. The standard InChI is InChI=1S/C16H20N2O2/c1-12-5-7-13(8-6-12)16(19)18-14-3-2-4-15(11-14)20-10-9-17/h2-4,11-13H,5-8,10H2,1H3,(H,18,19). The highest BCUT2D eigenvalue weighted by molar-refractivity contribution is 5.92. The van der Waals surface area contributed by atoms with Crippen molar-refractivity contribution in [2.24, 2.45) is 11.8 Å². The van der Waals surface area contributed by atoms with E-state index >= 15 is 0 Å². The average Bonchev–Trinajstić information content (AvgIpc) is 2.46. The van der Waals surface area contributed by atoms with Crippen molar-refractivity contribution < 1.29 is 9.53 Å². The highest BCUT2D eigenvalue weighted by Crippen LogP contribution is 2.29. The predicted molar refractivity (Wildman–Crippen MR) is 77.3 cm³/mol. The molecule has 1 saturated carbocycles. The van der Waals surface area contributed by atoms with Gasteiger partial charge in [-0.05, 0) is 43.7 Å². The van der Waals surface area contributed by atoms with E-state index in [4.69, 9.17) is 10.00 Å². The van der Waals surface area contributed by atoms with Gasteiger partial charge < -0.3 is 10.1 Å². The summed E-state index contributed by atoms with van der Waals surface area (Å²) in [6, 6.07) is 9.09. The first-order valence-electron chi connectivity index (χ1n) is 7.09. The molecule has 1 aliphatic rings. The Morgan fingerprint density at radius 1 is 1.40 bits per heavy atom. The van der Waals surface area contributed by atoms with Gasteiger partial charge in [-0.3, -0.25) is 4.79 Å². The van der Waals surface area contributed by atoms with Gasteiger partial charge in [0, 0.05) is 17.7 Å². The van der Waals surface area contributed by atoms with E-state index < -0.39 is 0 Å². The van der Waals surface area contributed by atoms with Crippen LogP contribution in [0, 0.1) is 23.2 Å². The fourth-order valence-electron chi connectivity index (χ4n) is 2.55. The van der Waals surface area contributed by atoms with Gasteiger partial charge in [0.2, 0.25) is 5.91 Å². The van der Waals surface area contributed by atoms with Crippen LogP contribution in [0.4, 0.5) is 5.69 Å². The van der Waals surface area contributed by atoms with Crippen LogP contribution in [-0.4, -0.2) is 12.5 Å². The summed E-state index contributed by atoms with van der Waals surface area (Å²) in [4.78, 5) is 12.2. The van der Waals surface area contributed by atoms with E-state index in [0.717, 1.165) is 37.3 Å². The zero-order chi connectivity index (χ0) is 14.4. The molecule has 20 heavy (non-hydrogen) atoms. The first kappa shape index (κ1) is 14.4. The molecule has 1 amide bonds. The second-order valence-corrected chi connectivity index (χ2v) is 5.42. The molecule has 0 radical (unpaired) electrons. The number of hydrogen-bond donors (Lipinski definition) is 1. The van der Waals surface area contributed by atoms with E-state index in [0.29, 0.717) is 5.75 Å². The number of rotatable bonds is 4. The molecule has 0 aliphatic heterocycles. The summed E-state index contributed by atoms with van der Waals surface area (Å²) in [6.45, 7) is 2.25. The number of anilines is 1. The molecule has 1 aromatic rings. The summed E-state index contributed by atoms with van der Waals surface area (Å²) in [5, 5.41) is 11.4. The van der Waals surface area contributed by atoms with E-state index in [1.807, 2.05) is 18.2 Å². The van der Waals surface area contributed by atoms with Gasteiger partial charge in [-0.25, -0.2) is 0 Å². The lowest BCUT2D eigenvalue weighted by Gasteiger charge is -2.25. The molecule has 0 aromatic heterocycles. The van der Waals surface area contributed by atoms with Crippen LogP contribution in [-0.2, 0) is 4.79 Å². The Morgan fingerprint density at radius 3 is 2.85 bits per heavy atom. The SMILES string of the molecule is CC1CCC(C(=O)Nc2cccc(OCC#N)c2)CC1. The Morgan fingerprint density at radius 2 is 2.15 bits per heavy atom. The number of hydrogen-bond acceptors (Lipinski definition) is 3. The van der Waals surface area contributed by atoms with E-state index in [9.17, 15) is 4.79 Å². The molecule has 106 valence electrons. The third kappa shape index (κ3) is 3.99. The number of carbonyl (C=O) groups is 1. The lowest BCUT2D eigenvalue weighted by atomic mass is 9.82. The Labute approximate surface area is 119 Å². The van der Waals surface area contributed by atoms with Crippen molar-refractivity contribution in [2.45, 2.75) is 32.6 Å². The van der Waals surface area contributed by atoms with Crippen LogP contribution in [0.25, 0.3) is 0 Å². The van der Waals surface area contributed by atoms with Crippen LogP contribution in [0.2, 0.25) is 0 Å². The molecule has 0 unspecified atom stereocenters. The quantitative estimate of drug-likeness (QED) is 0.914. The van der Waals surface area contributed by atoms with Gasteiger partial charge in [-0.2, -0.15) is 5.26 Å². The maximum atomic E-state index is 12.2. The molecule has 0 spiro atoms. The van der Waals surface area contributed by atoms with Crippen LogP contribution >= 0.6 is 0 Å². The topological polar surface area (TPSA) is 62.1 Å². The van der Waals surface area contributed by atoms with Crippen LogP contribution in [0.1, 0.15) is 32.6 Å². The van der Waals surface area contributed by atoms with E-state index in [1.165, 1.54) is 0 Å². The zero-order valence-electron chi connectivity index (χ0n) is 11.8. The lowest BCUT2D eigenvalue weighted by Crippen LogP contribution is -2.26. The van der Waals surface area contributed by atoms with Crippen molar-refractivity contribution in [2.75, 3.05) is 11.9 Å². The minimum atomic E-state index is 0.0118. The first-order valence-corrected chi connectivity index (χ1v) is 7.09. The van der Waals surface area contributed by atoms with Crippen molar-refractivity contribution >= 4 is 11.6 Å². The summed E-state index contributed by atoms with van der Waals surface area (Å²) in [5.74, 6) is 1.55. The molecule has 1 N–H and O–H groups in total. The van der Waals surface area contributed by atoms with E-state index in [1.54, 1.807) is 12.1 Å². The number of amides is 1. The fourth-order valence-corrected chi connectivity index (χ4v) is 2.55. The molecule has 1 fully saturated rings. The zero-order valence-corrected chi connectivity index (χ0v) is 11.8. The number of carbonyl (C=O) groups excluding carboxylic acids is 1. The molecule has 0 heterocycles. The van der Waals surface area contributed by atoms with Gasteiger partial charge in [-0.15, -0.1) is 0 Å². The number of benzene rings is 1. The minimum Gasteiger partial charge on any atom is -0.479 e. The fraction of sp³-hybridized carbons (Fsp3) is 0.500. The summed E-state index contributed by atoms with van der Waals surface area (Å²) in [7, 11) is 0. The number of nitriles is 1. The molecule has 0 atom stereocenters. The smallest absolute Gasteiger partial charge is 0.227 e. The van der Waals surface area contributed by atoms with Crippen LogP contribution in [0.5, 0.6) is 5.75 Å².